The molecule has 2 amide bonds. The lowest BCUT2D eigenvalue weighted by Crippen LogP contribution is -2.62. The topological polar surface area (TPSA) is 104 Å². The third kappa shape index (κ3) is 7.05. The summed E-state index contributed by atoms with van der Waals surface area (Å²) in [7, 11) is 0. The molecule has 0 spiro atoms. The minimum absolute atomic E-state index is 0.0246. The number of amides is 2. The number of imidazole rings is 1. The number of piperazine rings is 1. The molecule has 10 nitrogen and oxygen atoms in total. The number of rotatable bonds is 5. The van der Waals surface area contributed by atoms with Crippen LogP contribution in [0.1, 0.15) is 72.6 Å². The van der Waals surface area contributed by atoms with Gasteiger partial charge in [0.1, 0.15) is 12.1 Å². The molecule has 4 heterocycles. The normalized spacial score (nSPS) is 26.7. The zero-order valence-corrected chi connectivity index (χ0v) is 27.9. The maximum Gasteiger partial charge on any atom is 0.410 e. The molecule has 250 valence electrons. The molecule has 3 aromatic rings. The van der Waals surface area contributed by atoms with Crippen LogP contribution in [0.15, 0.2) is 49.1 Å². The van der Waals surface area contributed by atoms with E-state index in [0.29, 0.717) is 69.3 Å². The van der Waals surface area contributed by atoms with E-state index in [9.17, 15) is 14.7 Å². The van der Waals surface area contributed by atoms with Gasteiger partial charge in [0.15, 0.2) is 0 Å². The van der Waals surface area contributed by atoms with Crippen molar-refractivity contribution in [1.29, 1.82) is 0 Å². The number of ether oxygens (including phenoxy) is 1. The van der Waals surface area contributed by atoms with Crippen LogP contribution in [0.25, 0.3) is 0 Å². The smallest absolute Gasteiger partial charge is 0.410 e. The summed E-state index contributed by atoms with van der Waals surface area (Å²) in [5.74, 6) is 0.285. The van der Waals surface area contributed by atoms with Gasteiger partial charge in [0.2, 0.25) is 5.91 Å². The van der Waals surface area contributed by atoms with Crippen molar-refractivity contribution < 1.29 is 19.4 Å². The van der Waals surface area contributed by atoms with Gasteiger partial charge < -0.3 is 19.3 Å². The Kier molecular flexibility index (Phi) is 9.52. The molecule has 0 bridgehead atoms. The number of piperidine rings is 1. The Labute approximate surface area is 281 Å². The number of fused-ring (bicyclic) bond motifs is 2. The number of carbonyl (C=O) groups excluding carboxylic acids is 2. The minimum Gasteiger partial charge on any atom is -0.446 e. The van der Waals surface area contributed by atoms with Crippen molar-refractivity contribution in [3.8, 4) is 0 Å². The van der Waals surface area contributed by atoms with Gasteiger partial charge in [-0.15, -0.1) is 0 Å². The number of nitrogens with zero attached hydrogens (tertiary/aromatic N) is 6. The minimum atomic E-state index is -0.689. The molecule has 7 rings (SSSR count). The Hall–Kier alpha value is -3.47. The second-order valence-electron chi connectivity index (χ2n) is 13.8. The van der Waals surface area contributed by atoms with Crippen molar-refractivity contribution in [1.82, 2.24) is 29.2 Å². The molecule has 2 aliphatic heterocycles. The van der Waals surface area contributed by atoms with Gasteiger partial charge in [-0.3, -0.25) is 19.6 Å². The molecule has 1 aromatic carbocycles. The summed E-state index contributed by atoms with van der Waals surface area (Å²) in [5, 5.41) is 10.7. The zero-order valence-electron chi connectivity index (χ0n) is 27.1. The van der Waals surface area contributed by atoms with Gasteiger partial charge in [0.25, 0.3) is 0 Å². The highest BCUT2D eigenvalue weighted by Crippen LogP contribution is 2.38. The summed E-state index contributed by atoms with van der Waals surface area (Å²) in [6.45, 7) is 5.44. The van der Waals surface area contributed by atoms with Crippen molar-refractivity contribution in [2.75, 3.05) is 32.7 Å². The van der Waals surface area contributed by atoms with Crippen molar-refractivity contribution in [3.63, 3.8) is 0 Å². The Bertz CT molecular complexity index is 1590. The summed E-state index contributed by atoms with van der Waals surface area (Å²) in [4.78, 5) is 43.7. The molecular formula is C36H45ClN6O4. The van der Waals surface area contributed by atoms with Crippen LogP contribution in [0.5, 0.6) is 0 Å². The van der Waals surface area contributed by atoms with Crippen molar-refractivity contribution >= 4 is 23.6 Å². The van der Waals surface area contributed by atoms with E-state index in [0.717, 1.165) is 49.2 Å². The maximum absolute atomic E-state index is 14.6. The van der Waals surface area contributed by atoms with E-state index in [1.807, 2.05) is 42.7 Å². The van der Waals surface area contributed by atoms with E-state index in [1.54, 1.807) is 4.90 Å². The first-order valence-corrected chi connectivity index (χ1v) is 17.6. The number of pyridine rings is 1. The average Bonchev–Trinajstić information content (AvgIpc) is 3.41. The highest BCUT2D eigenvalue weighted by Gasteiger charge is 2.43. The van der Waals surface area contributed by atoms with Gasteiger partial charge >= 0.3 is 6.09 Å². The van der Waals surface area contributed by atoms with Crippen LogP contribution < -0.4 is 0 Å². The Morgan fingerprint density at radius 1 is 1.00 bits per heavy atom. The molecule has 47 heavy (non-hydrogen) atoms. The second-order valence-corrected chi connectivity index (χ2v) is 14.3. The van der Waals surface area contributed by atoms with Crippen LogP contribution in [0.2, 0.25) is 5.02 Å². The largest absolute Gasteiger partial charge is 0.446 e. The van der Waals surface area contributed by atoms with E-state index in [-0.39, 0.29) is 24.2 Å². The summed E-state index contributed by atoms with van der Waals surface area (Å²) >= 11 is 6.48. The SMILES string of the molecule is Cc1cn(C[C@@H]2CCCN(C(=O)[C@H]3CN([C@H]4c5ccc(Cl)cc5CCc5cccnc54)CCN3C(=O)OC3CCC(O)CC3)C2)cn1. The molecule has 11 heteroatoms. The highest BCUT2D eigenvalue weighted by atomic mass is 35.5. The number of carbonyl (C=O) groups is 2. The molecular weight excluding hydrogens is 616 g/mol. The first kappa shape index (κ1) is 32.1. The van der Waals surface area contributed by atoms with E-state index in [2.05, 4.69) is 32.7 Å². The second kappa shape index (κ2) is 13.9. The molecule has 3 atom stereocenters. The van der Waals surface area contributed by atoms with E-state index < -0.39 is 12.1 Å². The number of aliphatic hydroxyl groups excluding tert-OH is 1. The van der Waals surface area contributed by atoms with Gasteiger partial charge in [0, 0.05) is 56.7 Å². The lowest BCUT2D eigenvalue weighted by atomic mass is 9.94. The third-order valence-electron chi connectivity index (χ3n) is 10.5. The predicted molar refractivity (Wildman–Crippen MR) is 178 cm³/mol. The first-order chi connectivity index (χ1) is 22.8. The van der Waals surface area contributed by atoms with E-state index in [4.69, 9.17) is 21.3 Å². The van der Waals surface area contributed by atoms with Crippen LogP contribution in [-0.2, 0) is 28.9 Å². The number of hydrogen-bond acceptors (Lipinski definition) is 7. The van der Waals surface area contributed by atoms with Crippen LogP contribution in [0, 0.1) is 12.8 Å². The molecule has 4 aliphatic rings. The highest BCUT2D eigenvalue weighted by molar-refractivity contribution is 6.30. The van der Waals surface area contributed by atoms with Gasteiger partial charge in [-0.2, -0.15) is 0 Å². The van der Waals surface area contributed by atoms with Crippen molar-refractivity contribution in [2.45, 2.75) is 89.1 Å². The van der Waals surface area contributed by atoms with Gasteiger partial charge in [-0.1, -0.05) is 23.7 Å². The molecule has 2 aromatic heterocycles. The number of hydrogen-bond donors (Lipinski definition) is 1. The molecule has 2 aliphatic carbocycles. The predicted octanol–water partition coefficient (Wildman–Crippen LogP) is 4.79. The Balaban J connectivity index is 1.17. The Morgan fingerprint density at radius 3 is 2.64 bits per heavy atom. The quantitative estimate of drug-likeness (QED) is 0.420. The van der Waals surface area contributed by atoms with Crippen LogP contribution in [0.3, 0.4) is 0 Å². The van der Waals surface area contributed by atoms with E-state index >= 15 is 0 Å². The molecule has 2 saturated heterocycles. The van der Waals surface area contributed by atoms with Gasteiger partial charge in [-0.25, -0.2) is 9.78 Å². The summed E-state index contributed by atoms with van der Waals surface area (Å²) < 4.78 is 8.14. The fourth-order valence-electron chi connectivity index (χ4n) is 8.09. The van der Waals surface area contributed by atoms with Crippen molar-refractivity contribution in [3.05, 3.63) is 82.2 Å². The molecule has 0 radical (unpaired) electrons. The number of aromatic nitrogens is 3. The monoisotopic (exact) mass is 660 g/mol. The van der Waals surface area contributed by atoms with E-state index in [1.165, 1.54) is 11.1 Å². The lowest BCUT2D eigenvalue weighted by molar-refractivity contribution is -0.141. The standard InChI is InChI=1S/C36H45ClN6O4/c1-24-19-40(23-39-24)20-25-4-3-15-42(21-25)35(45)32-22-41(16-17-43(32)36(46)47-30-11-9-29(44)10-12-30)34-31-13-8-28(37)18-27(31)7-6-26-5-2-14-38-33(26)34/h2,5,8,13-14,18-19,23,25,29-30,32,34,44H,3-4,6-7,9-12,15-17,20-22H2,1H3/t25-,29?,30?,32+,34-/m0/s1. The first-order valence-electron chi connectivity index (χ1n) is 17.2. The van der Waals surface area contributed by atoms with Gasteiger partial charge in [-0.05, 0) is 99.1 Å². The van der Waals surface area contributed by atoms with Crippen LogP contribution >= 0.6 is 11.6 Å². The third-order valence-corrected chi connectivity index (χ3v) is 10.8. The Morgan fingerprint density at radius 2 is 1.83 bits per heavy atom. The number of benzene rings is 1. The summed E-state index contributed by atoms with van der Waals surface area (Å²) in [6.07, 6.45) is 10.9. The van der Waals surface area contributed by atoms with Crippen LogP contribution in [-0.4, -0.2) is 97.3 Å². The average molecular weight is 661 g/mol. The zero-order chi connectivity index (χ0) is 32.5. The fraction of sp³-hybridized carbons (Fsp3) is 0.556. The fourth-order valence-corrected chi connectivity index (χ4v) is 8.28. The molecule has 1 saturated carbocycles. The summed E-state index contributed by atoms with van der Waals surface area (Å²) in [5.41, 5.74) is 5.53. The summed E-state index contributed by atoms with van der Waals surface area (Å²) in [6, 6.07) is 9.39. The van der Waals surface area contributed by atoms with Crippen LogP contribution in [0.4, 0.5) is 4.79 Å². The number of aliphatic hydroxyl groups is 1. The molecule has 0 unspecified atom stereocenters. The number of likely N-dealkylation sites (tertiary alicyclic amines) is 1. The molecule has 1 N–H and O–H groups in total. The number of aryl methyl sites for hydroxylation is 3. The number of halogens is 1. The maximum atomic E-state index is 14.6. The van der Waals surface area contributed by atoms with Gasteiger partial charge in [0.05, 0.1) is 29.9 Å². The van der Waals surface area contributed by atoms with Crippen molar-refractivity contribution in [2.24, 2.45) is 5.92 Å². The lowest BCUT2D eigenvalue weighted by Gasteiger charge is -2.46. The molecule has 3 fully saturated rings.